The Labute approximate surface area is 93.8 Å². The lowest BCUT2D eigenvalue weighted by Crippen LogP contribution is -2.41. The number of rotatable bonds is 0. The maximum atomic E-state index is 2.56. The van der Waals surface area contributed by atoms with E-state index < -0.39 is 0 Å². The van der Waals surface area contributed by atoms with Gasteiger partial charge in [0.2, 0.25) is 0 Å². The molecule has 5 unspecified atom stereocenters. The van der Waals surface area contributed by atoms with Crippen LogP contribution in [0, 0.1) is 34.5 Å². The standard InChI is InChI=1S/C15H24/c1-14(2)7-11-6-13(14)15(9-11)8-10-3-4-12(15)5-10/h10-13H,3-9H2,1-2H3. The van der Waals surface area contributed by atoms with E-state index >= 15 is 0 Å². The van der Waals surface area contributed by atoms with Gasteiger partial charge in [0, 0.05) is 0 Å². The van der Waals surface area contributed by atoms with Crippen LogP contribution >= 0.6 is 0 Å². The van der Waals surface area contributed by atoms with E-state index in [1.807, 2.05) is 0 Å². The van der Waals surface area contributed by atoms with Gasteiger partial charge in [-0.3, -0.25) is 0 Å². The molecule has 4 saturated carbocycles. The fraction of sp³-hybridized carbons (Fsp3) is 1.00. The summed E-state index contributed by atoms with van der Waals surface area (Å²) in [6.45, 7) is 5.12. The molecule has 0 radical (unpaired) electrons. The Kier molecular flexibility index (Phi) is 1.49. The molecule has 0 aromatic rings. The summed E-state index contributed by atoms with van der Waals surface area (Å²) < 4.78 is 0. The second-order valence-electron chi connectivity index (χ2n) is 7.86. The van der Waals surface area contributed by atoms with Crippen molar-refractivity contribution in [2.45, 2.75) is 58.8 Å². The van der Waals surface area contributed by atoms with Crippen LogP contribution in [0.15, 0.2) is 0 Å². The molecule has 4 bridgehead atoms. The Balaban J connectivity index is 1.74. The highest BCUT2D eigenvalue weighted by Gasteiger charge is 2.65. The van der Waals surface area contributed by atoms with E-state index in [1.165, 1.54) is 6.42 Å². The smallest absolute Gasteiger partial charge is 0.0230 e. The first-order valence-electron chi connectivity index (χ1n) is 7.10. The van der Waals surface area contributed by atoms with Crippen molar-refractivity contribution in [3.8, 4) is 0 Å². The van der Waals surface area contributed by atoms with Gasteiger partial charge < -0.3 is 0 Å². The van der Waals surface area contributed by atoms with Crippen molar-refractivity contribution in [3.05, 3.63) is 0 Å². The van der Waals surface area contributed by atoms with Crippen LogP contribution in [0.1, 0.15) is 58.8 Å². The highest BCUT2D eigenvalue weighted by molar-refractivity contribution is 5.14. The van der Waals surface area contributed by atoms with Gasteiger partial charge in [0.1, 0.15) is 0 Å². The minimum Gasteiger partial charge on any atom is -0.0596 e. The van der Waals surface area contributed by atoms with E-state index in [4.69, 9.17) is 0 Å². The summed E-state index contributed by atoms with van der Waals surface area (Å²) in [6, 6.07) is 0. The van der Waals surface area contributed by atoms with Gasteiger partial charge >= 0.3 is 0 Å². The van der Waals surface area contributed by atoms with Crippen molar-refractivity contribution >= 4 is 0 Å². The van der Waals surface area contributed by atoms with Crippen LogP contribution in [0.25, 0.3) is 0 Å². The van der Waals surface area contributed by atoms with Crippen molar-refractivity contribution in [2.75, 3.05) is 0 Å². The lowest BCUT2D eigenvalue weighted by molar-refractivity contribution is 0.00396. The molecule has 0 amide bonds. The molecule has 1 spiro atoms. The molecule has 0 aromatic heterocycles. The third-order valence-corrected chi connectivity index (χ3v) is 6.71. The zero-order valence-corrected chi connectivity index (χ0v) is 10.3. The van der Waals surface area contributed by atoms with Crippen molar-refractivity contribution in [1.82, 2.24) is 0 Å². The van der Waals surface area contributed by atoms with Crippen molar-refractivity contribution in [3.63, 3.8) is 0 Å². The third kappa shape index (κ3) is 0.953. The monoisotopic (exact) mass is 204 g/mol. The number of fused-ring (bicyclic) bond motifs is 6. The van der Waals surface area contributed by atoms with E-state index in [1.54, 1.807) is 38.5 Å². The molecular weight excluding hydrogens is 180 g/mol. The topological polar surface area (TPSA) is 0 Å². The summed E-state index contributed by atoms with van der Waals surface area (Å²) in [5.41, 5.74) is 1.54. The molecule has 4 fully saturated rings. The van der Waals surface area contributed by atoms with Crippen LogP contribution in [-0.4, -0.2) is 0 Å². The molecule has 0 aliphatic heterocycles. The summed E-state index contributed by atoms with van der Waals surface area (Å²) in [5.74, 6) is 4.51. The Morgan fingerprint density at radius 1 is 0.867 bits per heavy atom. The molecule has 0 N–H and O–H groups in total. The van der Waals surface area contributed by atoms with Gasteiger partial charge in [0.05, 0.1) is 0 Å². The van der Waals surface area contributed by atoms with Gasteiger partial charge in [0.15, 0.2) is 0 Å². The van der Waals surface area contributed by atoms with Gasteiger partial charge in [-0.15, -0.1) is 0 Å². The van der Waals surface area contributed by atoms with Crippen molar-refractivity contribution < 1.29 is 0 Å². The lowest BCUT2D eigenvalue weighted by atomic mass is 9.56. The summed E-state index contributed by atoms with van der Waals surface area (Å²) in [6.07, 6.45) is 11.2. The van der Waals surface area contributed by atoms with Crippen LogP contribution in [0.2, 0.25) is 0 Å². The highest BCUT2D eigenvalue weighted by Crippen LogP contribution is 2.73. The Morgan fingerprint density at radius 2 is 1.67 bits per heavy atom. The van der Waals surface area contributed by atoms with E-state index in [-0.39, 0.29) is 0 Å². The molecule has 4 aliphatic carbocycles. The second kappa shape index (κ2) is 2.46. The van der Waals surface area contributed by atoms with E-state index in [0.717, 1.165) is 29.1 Å². The quantitative estimate of drug-likeness (QED) is 0.553. The van der Waals surface area contributed by atoms with E-state index in [9.17, 15) is 0 Å². The molecule has 0 heterocycles. The average Bonchev–Trinajstić information content (AvgIpc) is 2.81. The lowest BCUT2D eigenvalue weighted by Gasteiger charge is -2.48. The fourth-order valence-electron chi connectivity index (χ4n) is 6.63. The van der Waals surface area contributed by atoms with Gasteiger partial charge in [-0.1, -0.05) is 20.3 Å². The van der Waals surface area contributed by atoms with Crippen LogP contribution < -0.4 is 0 Å². The first kappa shape index (κ1) is 9.07. The first-order valence-corrected chi connectivity index (χ1v) is 7.10. The molecule has 5 atom stereocenters. The van der Waals surface area contributed by atoms with Crippen LogP contribution in [-0.2, 0) is 0 Å². The Bertz CT molecular complexity index is 299. The third-order valence-electron chi connectivity index (χ3n) is 6.71. The molecule has 4 aliphatic rings. The van der Waals surface area contributed by atoms with Gasteiger partial charge in [0.25, 0.3) is 0 Å². The van der Waals surface area contributed by atoms with Crippen LogP contribution in [0.4, 0.5) is 0 Å². The highest BCUT2D eigenvalue weighted by atomic mass is 14.7. The van der Waals surface area contributed by atoms with Crippen molar-refractivity contribution in [1.29, 1.82) is 0 Å². The summed E-state index contributed by atoms with van der Waals surface area (Å²) in [5, 5.41) is 0. The maximum absolute atomic E-state index is 2.56. The molecule has 84 valence electrons. The normalized spacial score (nSPS) is 59.6. The zero-order valence-electron chi connectivity index (χ0n) is 10.3. The fourth-order valence-corrected chi connectivity index (χ4v) is 6.63. The van der Waals surface area contributed by atoms with E-state index in [2.05, 4.69) is 13.8 Å². The van der Waals surface area contributed by atoms with Gasteiger partial charge in [-0.25, -0.2) is 0 Å². The molecule has 0 heteroatoms. The molecule has 0 saturated heterocycles. The minimum atomic E-state index is 0.688. The Morgan fingerprint density at radius 3 is 2.20 bits per heavy atom. The predicted molar refractivity (Wildman–Crippen MR) is 62.5 cm³/mol. The zero-order chi connectivity index (χ0) is 10.3. The summed E-state index contributed by atoms with van der Waals surface area (Å²) in [4.78, 5) is 0. The van der Waals surface area contributed by atoms with Crippen LogP contribution in [0.3, 0.4) is 0 Å². The predicted octanol–water partition coefficient (Wildman–Crippen LogP) is 4.25. The molecule has 0 aromatic carbocycles. The van der Waals surface area contributed by atoms with Crippen molar-refractivity contribution in [2.24, 2.45) is 34.5 Å². The summed E-state index contributed by atoms with van der Waals surface area (Å²) >= 11 is 0. The minimum absolute atomic E-state index is 0.688. The SMILES string of the molecule is CC1(C)CC2CC1C1(CC3CCC1C3)C2. The molecular formula is C15H24. The Hall–Kier alpha value is 0. The number of hydrogen-bond acceptors (Lipinski definition) is 0. The largest absolute Gasteiger partial charge is 0.0596 e. The molecule has 0 nitrogen and oxygen atoms in total. The second-order valence-corrected chi connectivity index (χ2v) is 7.86. The van der Waals surface area contributed by atoms with Crippen LogP contribution in [0.5, 0.6) is 0 Å². The summed E-state index contributed by atoms with van der Waals surface area (Å²) in [7, 11) is 0. The molecule has 15 heavy (non-hydrogen) atoms. The van der Waals surface area contributed by atoms with E-state index in [0.29, 0.717) is 5.41 Å². The average molecular weight is 204 g/mol. The molecule has 4 rings (SSSR count). The van der Waals surface area contributed by atoms with Gasteiger partial charge in [-0.05, 0) is 73.0 Å². The first-order chi connectivity index (χ1) is 7.10. The van der Waals surface area contributed by atoms with Gasteiger partial charge in [-0.2, -0.15) is 0 Å². The maximum Gasteiger partial charge on any atom is -0.0230 e. The number of hydrogen-bond donors (Lipinski definition) is 0.